The van der Waals surface area contributed by atoms with Crippen molar-refractivity contribution in [3.05, 3.63) is 65.9 Å². The van der Waals surface area contributed by atoms with E-state index in [0.29, 0.717) is 0 Å². The Labute approximate surface area is 213 Å². The number of aromatic nitrogens is 1. The van der Waals surface area contributed by atoms with Crippen LogP contribution in [-0.4, -0.2) is 40.9 Å². The highest BCUT2D eigenvalue weighted by Crippen LogP contribution is 2.34. The molecule has 0 bridgehead atoms. The van der Waals surface area contributed by atoms with E-state index in [2.05, 4.69) is 10.3 Å². The van der Waals surface area contributed by atoms with Crippen molar-refractivity contribution < 1.29 is 14.3 Å². The highest BCUT2D eigenvalue weighted by molar-refractivity contribution is 5.92. The van der Waals surface area contributed by atoms with Crippen LogP contribution in [0.2, 0.25) is 0 Å². The van der Waals surface area contributed by atoms with Crippen LogP contribution in [0.4, 0.5) is 0 Å². The summed E-state index contributed by atoms with van der Waals surface area (Å²) in [6, 6.07) is 15.3. The summed E-state index contributed by atoms with van der Waals surface area (Å²) in [6.07, 6.45) is 11.8. The number of nitrogens with one attached hydrogen (secondary N) is 2. The van der Waals surface area contributed by atoms with Crippen molar-refractivity contribution in [2.75, 3.05) is 7.11 Å². The van der Waals surface area contributed by atoms with Crippen molar-refractivity contribution in [2.24, 2.45) is 0 Å². The number of rotatable bonds is 8. The van der Waals surface area contributed by atoms with Crippen molar-refractivity contribution in [1.82, 2.24) is 15.2 Å². The standard InChI is InChI=1S/C30H37N3O3/c1-36-25-17-15-21(16-18-25)29(30(35)32-23-9-3-2-4-10-23)33(24-11-5-6-12-24)28(34)19-22-20-31-27-14-8-7-13-26(22)27/h7-8,13-18,20,23-24,29,31H,2-6,9-12,19H2,1H3,(H,32,35)/t29-/m0/s1. The third kappa shape index (κ3) is 5.28. The van der Waals surface area contributed by atoms with E-state index in [4.69, 9.17) is 4.74 Å². The van der Waals surface area contributed by atoms with Crippen LogP contribution < -0.4 is 10.1 Å². The Morgan fingerprint density at radius 1 is 0.972 bits per heavy atom. The Morgan fingerprint density at radius 3 is 2.39 bits per heavy atom. The topological polar surface area (TPSA) is 74.4 Å². The van der Waals surface area contributed by atoms with Gasteiger partial charge in [0.15, 0.2) is 0 Å². The van der Waals surface area contributed by atoms with Crippen LogP contribution in [-0.2, 0) is 16.0 Å². The van der Waals surface area contributed by atoms with Gasteiger partial charge in [-0.1, -0.05) is 62.4 Å². The average molecular weight is 488 g/mol. The van der Waals surface area contributed by atoms with Crippen LogP contribution in [0.5, 0.6) is 5.75 Å². The number of carbonyl (C=O) groups excluding carboxylic acids is 2. The molecule has 2 saturated carbocycles. The van der Waals surface area contributed by atoms with Gasteiger partial charge in [0, 0.05) is 29.2 Å². The SMILES string of the molecule is COc1ccc([C@@H](C(=O)NC2CCCCC2)N(C(=O)Cc2c[nH]c3ccccc23)C2CCCC2)cc1. The molecule has 2 fully saturated rings. The van der Waals surface area contributed by atoms with Gasteiger partial charge in [0.25, 0.3) is 0 Å². The van der Waals surface area contributed by atoms with Crippen LogP contribution in [0.15, 0.2) is 54.7 Å². The number of benzene rings is 2. The minimum absolute atomic E-state index is 0.00580. The van der Waals surface area contributed by atoms with Gasteiger partial charge in [-0.2, -0.15) is 0 Å². The molecule has 0 aliphatic heterocycles. The first kappa shape index (κ1) is 24.4. The van der Waals surface area contributed by atoms with Crippen LogP contribution in [0.1, 0.15) is 75.0 Å². The molecule has 3 aromatic rings. The number of ether oxygens (including phenoxy) is 1. The van der Waals surface area contributed by atoms with Crippen LogP contribution >= 0.6 is 0 Å². The van der Waals surface area contributed by atoms with E-state index in [1.54, 1.807) is 7.11 Å². The normalized spacial score (nSPS) is 17.7. The Bertz CT molecular complexity index is 1170. The molecular formula is C30H37N3O3. The number of nitrogens with zero attached hydrogens (tertiary/aromatic N) is 1. The van der Waals surface area contributed by atoms with E-state index in [-0.39, 0.29) is 30.3 Å². The number of hydrogen-bond donors (Lipinski definition) is 2. The number of carbonyl (C=O) groups is 2. The second-order valence-electron chi connectivity index (χ2n) is 10.3. The van der Waals surface area contributed by atoms with Crippen molar-refractivity contribution >= 4 is 22.7 Å². The quantitative estimate of drug-likeness (QED) is 0.429. The van der Waals surface area contributed by atoms with Crippen LogP contribution in [0.3, 0.4) is 0 Å². The van der Waals surface area contributed by atoms with E-state index in [0.717, 1.165) is 79.1 Å². The monoisotopic (exact) mass is 487 g/mol. The average Bonchev–Trinajstić information content (AvgIpc) is 3.58. The zero-order chi connectivity index (χ0) is 24.9. The van der Waals surface area contributed by atoms with Crippen LogP contribution in [0, 0.1) is 0 Å². The second-order valence-corrected chi connectivity index (χ2v) is 10.3. The summed E-state index contributed by atoms with van der Waals surface area (Å²) in [5.41, 5.74) is 2.83. The number of methoxy groups -OCH3 is 1. The lowest BCUT2D eigenvalue weighted by Gasteiger charge is -2.37. The highest BCUT2D eigenvalue weighted by atomic mass is 16.5. The molecule has 0 unspecified atom stereocenters. The molecule has 36 heavy (non-hydrogen) atoms. The van der Waals surface area contributed by atoms with E-state index in [9.17, 15) is 9.59 Å². The highest BCUT2D eigenvalue weighted by Gasteiger charge is 2.38. The predicted octanol–water partition coefficient (Wildman–Crippen LogP) is 5.68. The van der Waals surface area contributed by atoms with Gasteiger partial charge < -0.3 is 19.9 Å². The van der Waals surface area contributed by atoms with Crippen molar-refractivity contribution in [3.63, 3.8) is 0 Å². The number of hydrogen-bond acceptors (Lipinski definition) is 3. The van der Waals surface area contributed by atoms with Crippen molar-refractivity contribution in [1.29, 1.82) is 0 Å². The first-order valence-electron chi connectivity index (χ1n) is 13.4. The number of aromatic amines is 1. The van der Waals surface area contributed by atoms with Gasteiger partial charge in [0.05, 0.1) is 13.5 Å². The first-order valence-corrected chi connectivity index (χ1v) is 13.4. The Kier molecular flexibility index (Phi) is 7.59. The van der Waals surface area contributed by atoms with Gasteiger partial charge in [0.2, 0.25) is 11.8 Å². The number of para-hydroxylation sites is 1. The minimum Gasteiger partial charge on any atom is -0.497 e. The summed E-state index contributed by atoms with van der Waals surface area (Å²) in [6.45, 7) is 0. The fourth-order valence-electron chi connectivity index (χ4n) is 6.02. The maximum atomic E-state index is 14.1. The van der Waals surface area contributed by atoms with E-state index < -0.39 is 6.04 Å². The fourth-order valence-corrected chi connectivity index (χ4v) is 6.02. The molecule has 6 heteroatoms. The van der Waals surface area contributed by atoms with Gasteiger partial charge >= 0.3 is 0 Å². The second kappa shape index (κ2) is 11.2. The summed E-state index contributed by atoms with van der Waals surface area (Å²) in [7, 11) is 1.64. The molecule has 1 aromatic heterocycles. The van der Waals surface area contributed by atoms with Gasteiger partial charge in [0.1, 0.15) is 11.8 Å². The molecule has 2 aromatic carbocycles. The molecule has 2 aliphatic rings. The third-order valence-corrected chi connectivity index (χ3v) is 7.93. The molecule has 1 atom stereocenters. The third-order valence-electron chi connectivity index (χ3n) is 7.93. The molecule has 190 valence electrons. The Balaban J connectivity index is 1.48. The zero-order valence-electron chi connectivity index (χ0n) is 21.2. The van der Waals surface area contributed by atoms with Gasteiger partial charge in [-0.05, 0) is 55.0 Å². The maximum Gasteiger partial charge on any atom is 0.247 e. The van der Waals surface area contributed by atoms with E-state index in [1.807, 2.05) is 59.6 Å². The Hall–Kier alpha value is -3.28. The lowest BCUT2D eigenvalue weighted by molar-refractivity contribution is -0.143. The van der Waals surface area contributed by atoms with Gasteiger partial charge in [-0.15, -0.1) is 0 Å². The molecule has 2 aliphatic carbocycles. The largest absolute Gasteiger partial charge is 0.497 e. The fraction of sp³-hybridized carbons (Fsp3) is 0.467. The molecular weight excluding hydrogens is 450 g/mol. The minimum atomic E-state index is -0.654. The van der Waals surface area contributed by atoms with Crippen LogP contribution in [0.25, 0.3) is 10.9 Å². The maximum absolute atomic E-state index is 14.1. The molecule has 6 nitrogen and oxygen atoms in total. The summed E-state index contributed by atoms with van der Waals surface area (Å²) < 4.78 is 5.37. The molecule has 2 amide bonds. The Morgan fingerprint density at radius 2 is 1.67 bits per heavy atom. The lowest BCUT2D eigenvalue weighted by atomic mass is 9.94. The first-order chi connectivity index (χ1) is 17.6. The predicted molar refractivity (Wildman–Crippen MR) is 142 cm³/mol. The summed E-state index contributed by atoms with van der Waals surface area (Å²) in [5.74, 6) is 0.681. The molecule has 0 spiro atoms. The zero-order valence-corrected chi connectivity index (χ0v) is 21.2. The van der Waals surface area contributed by atoms with E-state index >= 15 is 0 Å². The molecule has 0 saturated heterocycles. The number of amides is 2. The molecule has 1 heterocycles. The summed E-state index contributed by atoms with van der Waals surface area (Å²) in [5, 5.41) is 4.38. The number of H-pyrrole nitrogens is 1. The van der Waals surface area contributed by atoms with E-state index in [1.165, 1.54) is 6.42 Å². The summed E-state index contributed by atoms with van der Waals surface area (Å²) in [4.78, 5) is 33.2. The summed E-state index contributed by atoms with van der Waals surface area (Å²) >= 11 is 0. The molecule has 0 radical (unpaired) electrons. The van der Waals surface area contributed by atoms with Gasteiger partial charge in [-0.25, -0.2) is 0 Å². The lowest BCUT2D eigenvalue weighted by Crippen LogP contribution is -2.50. The van der Waals surface area contributed by atoms with Gasteiger partial charge in [-0.3, -0.25) is 9.59 Å². The molecule has 5 rings (SSSR count). The number of fused-ring (bicyclic) bond motifs is 1. The molecule has 2 N–H and O–H groups in total. The smallest absolute Gasteiger partial charge is 0.247 e. The van der Waals surface area contributed by atoms with Crippen molar-refractivity contribution in [3.8, 4) is 5.75 Å². The van der Waals surface area contributed by atoms with Crippen molar-refractivity contribution in [2.45, 2.75) is 82.3 Å².